The van der Waals surface area contributed by atoms with E-state index in [9.17, 15) is 4.39 Å². The zero-order valence-corrected chi connectivity index (χ0v) is 20.0. The molecule has 27 heavy (non-hydrogen) atoms. The summed E-state index contributed by atoms with van der Waals surface area (Å²) in [6.07, 6.45) is 3.95. The monoisotopic (exact) mass is 509 g/mol. The van der Waals surface area contributed by atoms with Gasteiger partial charge >= 0.3 is 0 Å². The summed E-state index contributed by atoms with van der Waals surface area (Å²) in [4.78, 5) is 4.76. The molecule has 1 saturated heterocycles. The van der Waals surface area contributed by atoms with Crippen molar-refractivity contribution in [2.75, 3.05) is 39.1 Å². The van der Waals surface area contributed by atoms with Crippen molar-refractivity contribution in [2.45, 2.75) is 43.8 Å². The Morgan fingerprint density at radius 3 is 2.41 bits per heavy atom. The minimum absolute atomic E-state index is 0. The topological polar surface area (TPSA) is 45.7 Å². The molecule has 1 aliphatic rings. The first-order chi connectivity index (χ1) is 12.4. The summed E-state index contributed by atoms with van der Waals surface area (Å²) in [6.45, 7) is 10.2. The third-order valence-electron chi connectivity index (χ3n) is 5.02. The highest BCUT2D eigenvalue weighted by Crippen LogP contribution is 2.34. The Kier molecular flexibility index (Phi) is 10.4. The number of hydrogen-bond donors (Lipinski definition) is 2. The molecule has 2 N–H and O–H groups in total. The van der Waals surface area contributed by atoms with Crippen LogP contribution in [0.15, 0.2) is 29.3 Å². The molecule has 0 bridgehead atoms. The average molecular weight is 509 g/mol. The van der Waals surface area contributed by atoms with Crippen LogP contribution in [0, 0.1) is 5.82 Å². The van der Waals surface area contributed by atoms with E-state index in [0.29, 0.717) is 0 Å². The minimum Gasteiger partial charge on any atom is -0.381 e. The molecule has 1 fully saturated rings. The van der Waals surface area contributed by atoms with Gasteiger partial charge in [0.25, 0.3) is 0 Å². The molecule has 1 heterocycles. The summed E-state index contributed by atoms with van der Waals surface area (Å²) >= 11 is 1.82. The summed E-state index contributed by atoms with van der Waals surface area (Å²) in [5.41, 5.74) is 1.10. The van der Waals surface area contributed by atoms with E-state index in [-0.39, 0.29) is 40.0 Å². The van der Waals surface area contributed by atoms with Gasteiger partial charge in [0.05, 0.1) is 6.54 Å². The highest BCUT2D eigenvalue weighted by molar-refractivity contribution is 14.0. The number of ether oxygens (including phenoxy) is 1. The van der Waals surface area contributed by atoms with E-state index in [2.05, 4.69) is 37.7 Å². The number of guanidine groups is 1. The molecule has 0 spiro atoms. The van der Waals surface area contributed by atoms with Gasteiger partial charge in [-0.25, -0.2) is 4.39 Å². The molecule has 0 aliphatic carbocycles. The molecule has 7 heteroatoms. The lowest BCUT2D eigenvalue weighted by Gasteiger charge is -2.38. The summed E-state index contributed by atoms with van der Waals surface area (Å²) in [5, 5.41) is 6.86. The van der Waals surface area contributed by atoms with Crippen LogP contribution in [0.3, 0.4) is 0 Å². The highest BCUT2D eigenvalue weighted by Gasteiger charge is 2.34. The standard InChI is InChI=1S/C20H32FN3OS.HI/c1-5-22-18(23-14-19(2,3)26-4)24-15-20(10-12-25-13-11-20)16-6-8-17(21)9-7-16;/h6-9H,5,10-15H2,1-4H3,(H2,22,23,24);1H. The van der Waals surface area contributed by atoms with Gasteiger partial charge in [0, 0.05) is 36.5 Å². The summed E-state index contributed by atoms with van der Waals surface area (Å²) in [5.74, 6) is 0.640. The second-order valence-electron chi connectivity index (χ2n) is 7.41. The summed E-state index contributed by atoms with van der Waals surface area (Å²) in [7, 11) is 0. The number of aliphatic imine (C=N–C) groups is 1. The molecule has 0 radical (unpaired) electrons. The molecule has 0 amide bonds. The smallest absolute Gasteiger partial charge is 0.191 e. The Bertz CT molecular complexity index is 589. The molecule has 154 valence electrons. The van der Waals surface area contributed by atoms with E-state index >= 15 is 0 Å². The number of thioether (sulfide) groups is 1. The third-order valence-corrected chi connectivity index (χ3v) is 6.25. The van der Waals surface area contributed by atoms with Gasteiger partial charge in [0.1, 0.15) is 5.82 Å². The molecule has 1 aromatic carbocycles. The van der Waals surface area contributed by atoms with Gasteiger partial charge in [-0.1, -0.05) is 12.1 Å². The van der Waals surface area contributed by atoms with Crippen LogP contribution >= 0.6 is 35.7 Å². The normalized spacial score (nSPS) is 17.1. The van der Waals surface area contributed by atoms with Crippen LogP contribution in [-0.4, -0.2) is 49.8 Å². The Morgan fingerprint density at radius 2 is 1.85 bits per heavy atom. The predicted molar refractivity (Wildman–Crippen MR) is 125 cm³/mol. The predicted octanol–water partition coefficient (Wildman–Crippen LogP) is 4.19. The quantitative estimate of drug-likeness (QED) is 0.329. The zero-order valence-electron chi connectivity index (χ0n) is 16.8. The van der Waals surface area contributed by atoms with Gasteiger partial charge < -0.3 is 15.4 Å². The molecule has 1 aliphatic heterocycles. The van der Waals surface area contributed by atoms with Crippen molar-refractivity contribution in [3.8, 4) is 0 Å². The maximum atomic E-state index is 13.4. The van der Waals surface area contributed by atoms with Crippen molar-refractivity contribution in [2.24, 2.45) is 4.99 Å². The zero-order chi connectivity index (χ0) is 19.0. The molecule has 0 unspecified atom stereocenters. The van der Waals surface area contributed by atoms with Crippen LogP contribution in [0.4, 0.5) is 4.39 Å². The van der Waals surface area contributed by atoms with Crippen LogP contribution in [0.1, 0.15) is 39.2 Å². The first-order valence-electron chi connectivity index (χ1n) is 9.32. The fraction of sp³-hybridized carbons (Fsp3) is 0.650. The van der Waals surface area contributed by atoms with Crippen molar-refractivity contribution in [1.82, 2.24) is 10.6 Å². The van der Waals surface area contributed by atoms with E-state index < -0.39 is 0 Å². The van der Waals surface area contributed by atoms with Crippen molar-refractivity contribution >= 4 is 41.7 Å². The fourth-order valence-electron chi connectivity index (χ4n) is 3.06. The van der Waals surface area contributed by atoms with E-state index in [1.54, 1.807) is 12.1 Å². The van der Waals surface area contributed by atoms with Gasteiger partial charge in [-0.15, -0.1) is 24.0 Å². The minimum atomic E-state index is -0.196. The Labute approximate surface area is 184 Å². The number of benzene rings is 1. The van der Waals surface area contributed by atoms with Crippen LogP contribution < -0.4 is 10.6 Å². The van der Waals surface area contributed by atoms with Crippen LogP contribution in [0.5, 0.6) is 0 Å². The van der Waals surface area contributed by atoms with Crippen LogP contribution in [0.25, 0.3) is 0 Å². The number of nitrogens with zero attached hydrogens (tertiary/aromatic N) is 1. The van der Waals surface area contributed by atoms with Gasteiger partial charge in [-0.05, 0) is 57.6 Å². The maximum Gasteiger partial charge on any atom is 0.191 e. The highest BCUT2D eigenvalue weighted by atomic mass is 127. The van der Waals surface area contributed by atoms with Crippen LogP contribution in [-0.2, 0) is 10.2 Å². The lowest BCUT2D eigenvalue weighted by atomic mass is 9.74. The molecule has 0 atom stereocenters. The largest absolute Gasteiger partial charge is 0.381 e. The summed E-state index contributed by atoms with van der Waals surface area (Å²) < 4.78 is 19.1. The first-order valence-corrected chi connectivity index (χ1v) is 10.5. The lowest BCUT2D eigenvalue weighted by Crippen LogP contribution is -2.48. The number of nitrogens with one attached hydrogen (secondary N) is 2. The fourth-order valence-corrected chi connectivity index (χ4v) is 3.26. The van der Waals surface area contributed by atoms with E-state index in [1.807, 2.05) is 23.9 Å². The number of halogens is 2. The van der Waals surface area contributed by atoms with Crippen molar-refractivity contribution in [3.05, 3.63) is 35.6 Å². The second kappa shape index (κ2) is 11.5. The van der Waals surface area contributed by atoms with Gasteiger partial charge in [-0.2, -0.15) is 11.8 Å². The Morgan fingerprint density at radius 1 is 1.22 bits per heavy atom. The van der Waals surface area contributed by atoms with E-state index in [1.165, 1.54) is 0 Å². The lowest BCUT2D eigenvalue weighted by molar-refractivity contribution is 0.0513. The first kappa shape index (κ1) is 24.5. The number of hydrogen-bond acceptors (Lipinski definition) is 3. The van der Waals surface area contributed by atoms with Gasteiger partial charge in [-0.3, -0.25) is 4.99 Å². The maximum absolute atomic E-state index is 13.4. The van der Waals surface area contributed by atoms with Crippen molar-refractivity contribution < 1.29 is 9.13 Å². The molecule has 0 aromatic heterocycles. The van der Waals surface area contributed by atoms with Gasteiger partial charge in [0.15, 0.2) is 5.96 Å². The van der Waals surface area contributed by atoms with E-state index in [0.717, 1.165) is 57.2 Å². The molecule has 1 aromatic rings. The summed E-state index contributed by atoms with van der Waals surface area (Å²) in [6, 6.07) is 6.91. The molecule has 0 saturated carbocycles. The molecule has 4 nitrogen and oxygen atoms in total. The second-order valence-corrected chi connectivity index (χ2v) is 8.93. The molecular weight excluding hydrogens is 476 g/mol. The van der Waals surface area contributed by atoms with E-state index in [4.69, 9.17) is 9.73 Å². The molecular formula is C20H33FIN3OS. The number of rotatable bonds is 7. The third kappa shape index (κ3) is 7.42. The van der Waals surface area contributed by atoms with Crippen molar-refractivity contribution in [3.63, 3.8) is 0 Å². The van der Waals surface area contributed by atoms with Gasteiger partial charge in [0.2, 0.25) is 0 Å². The Balaban J connectivity index is 0.00000364. The SMILES string of the molecule is CCNC(=NCC(C)(C)SC)NCC1(c2ccc(F)cc2)CCOCC1.I. The molecule has 2 rings (SSSR count). The van der Waals surface area contributed by atoms with Crippen molar-refractivity contribution in [1.29, 1.82) is 0 Å². The average Bonchev–Trinajstić information content (AvgIpc) is 2.65. The Hall–Kier alpha value is -0.540. The van der Waals surface area contributed by atoms with Crippen LogP contribution in [0.2, 0.25) is 0 Å².